The van der Waals surface area contributed by atoms with Gasteiger partial charge in [0.2, 0.25) is 5.91 Å². The molecule has 2 fully saturated rings. The largest absolute Gasteiger partial charge is 0.381 e. The molecule has 1 aromatic rings. The van der Waals surface area contributed by atoms with Gasteiger partial charge in [-0.1, -0.05) is 12.1 Å². The lowest BCUT2D eigenvalue weighted by molar-refractivity contribution is -0.132. The topological polar surface area (TPSA) is 29.5 Å². The SMILES string of the molecule is O=C(CC1CCOCC1)N1CCC[C@H]1/C=C/c1cccs1. The number of thiophene rings is 1. The molecular weight excluding hydrogens is 282 g/mol. The summed E-state index contributed by atoms with van der Waals surface area (Å²) in [7, 11) is 0. The Morgan fingerprint density at radius 2 is 2.24 bits per heavy atom. The number of rotatable bonds is 4. The molecule has 1 atom stereocenters. The Balaban J connectivity index is 1.56. The molecule has 0 aliphatic carbocycles. The van der Waals surface area contributed by atoms with Crippen LogP contribution in [0.15, 0.2) is 23.6 Å². The first kappa shape index (κ1) is 14.8. The van der Waals surface area contributed by atoms with E-state index in [2.05, 4.69) is 34.6 Å². The Kier molecular flexibility index (Phi) is 5.09. The van der Waals surface area contributed by atoms with Crippen molar-refractivity contribution in [3.8, 4) is 0 Å². The van der Waals surface area contributed by atoms with Gasteiger partial charge in [0, 0.05) is 31.1 Å². The van der Waals surface area contributed by atoms with Gasteiger partial charge in [0.25, 0.3) is 0 Å². The van der Waals surface area contributed by atoms with Gasteiger partial charge in [-0.25, -0.2) is 0 Å². The van der Waals surface area contributed by atoms with Crippen LogP contribution in [0.2, 0.25) is 0 Å². The number of nitrogens with zero attached hydrogens (tertiary/aromatic N) is 1. The van der Waals surface area contributed by atoms with E-state index in [1.807, 2.05) is 0 Å². The summed E-state index contributed by atoms with van der Waals surface area (Å²) >= 11 is 1.74. The van der Waals surface area contributed by atoms with Crippen LogP contribution in [0.25, 0.3) is 6.08 Å². The third-order valence-corrected chi connectivity index (χ3v) is 5.29. The number of amides is 1. The summed E-state index contributed by atoms with van der Waals surface area (Å²) in [5.41, 5.74) is 0. The van der Waals surface area contributed by atoms with Crippen molar-refractivity contribution in [3.63, 3.8) is 0 Å². The van der Waals surface area contributed by atoms with Crippen LogP contribution >= 0.6 is 11.3 Å². The second kappa shape index (κ2) is 7.23. The number of likely N-dealkylation sites (tertiary alicyclic amines) is 1. The van der Waals surface area contributed by atoms with E-state index in [9.17, 15) is 4.79 Å². The molecule has 2 saturated heterocycles. The molecule has 1 aromatic heterocycles. The Labute approximate surface area is 130 Å². The summed E-state index contributed by atoms with van der Waals surface area (Å²) in [5, 5.41) is 2.09. The van der Waals surface area contributed by atoms with Crippen molar-refractivity contribution in [2.45, 2.75) is 38.1 Å². The highest BCUT2D eigenvalue weighted by Crippen LogP contribution is 2.25. The van der Waals surface area contributed by atoms with E-state index in [-0.39, 0.29) is 0 Å². The Hall–Kier alpha value is -1.13. The van der Waals surface area contributed by atoms with Crippen molar-refractivity contribution < 1.29 is 9.53 Å². The zero-order chi connectivity index (χ0) is 14.5. The van der Waals surface area contributed by atoms with Gasteiger partial charge in [-0.15, -0.1) is 11.3 Å². The lowest BCUT2D eigenvalue weighted by Gasteiger charge is -2.27. The Bertz CT molecular complexity index is 477. The first-order chi connectivity index (χ1) is 10.3. The molecule has 21 heavy (non-hydrogen) atoms. The number of hydrogen-bond acceptors (Lipinski definition) is 3. The number of carbonyl (C=O) groups excluding carboxylic acids is 1. The fourth-order valence-corrected chi connectivity index (χ4v) is 3.84. The first-order valence-electron chi connectivity index (χ1n) is 7.92. The summed E-state index contributed by atoms with van der Waals surface area (Å²) in [4.78, 5) is 15.9. The second-order valence-corrected chi connectivity index (χ2v) is 6.91. The normalized spacial score (nSPS) is 24.0. The van der Waals surface area contributed by atoms with Crippen LogP contribution in [-0.4, -0.2) is 36.6 Å². The molecule has 0 aromatic carbocycles. The maximum atomic E-state index is 12.5. The zero-order valence-corrected chi connectivity index (χ0v) is 13.2. The number of carbonyl (C=O) groups is 1. The van der Waals surface area contributed by atoms with Crippen molar-refractivity contribution in [3.05, 3.63) is 28.5 Å². The van der Waals surface area contributed by atoms with E-state index < -0.39 is 0 Å². The van der Waals surface area contributed by atoms with Gasteiger partial charge in [-0.05, 0) is 49.1 Å². The van der Waals surface area contributed by atoms with Gasteiger partial charge in [-0.3, -0.25) is 4.79 Å². The third-order valence-electron chi connectivity index (χ3n) is 4.45. The van der Waals surface area contributed by atoms with Gasteiger partial charge in [0.1, 0.15) is 0 Å². The molecule has 2 aliphatic heterocycles. The van der Waals surface area contributed by atoms with E-state index in [0.717, 1.165) is 45.4 Å². The second-order valence-electron chi connectivity index (χ2n) is 5.93. The summed E-state index contributed by atoms with van der Waals surface area (Å²) in [5.74, 6) is 0.856. The molecule has 0 unspecified atom stereocenters. The van der Waals surface area contributed by atoms with Crippen LogP contribution < -0.4 is 0 Å². The maximum absolute atomic E-state index is 12.5. The van der Waals surface area contributed by atoms with Crippen LogP contribution in [-0.2, 0) is 9.53 Å². The van der Waals surface area contributed by atoms with Gasteiger partial charge >= 0.3 is 0 Å². The van der Waals surface area contributed by atoms with Gasteiger partial charge in [0.05, 0.1) is 6.04 Å². The van der Waals surface area contributed by atoms with Crippen LogP contribution in [0, 0.1) is 5.92 Å². The summed E-state index contributed by atoms with van der Waals surface area (Å²) < 4.78 is 5.37. The van der Waals surface area contributed by atoms with Crippen molar-refractivity contribution in [2.24, 2.45) is 5.92 Å². The molecule has 1 amide bonds. The highest BCUT2D eigenvalue weighted by molar-refractivity contribution is 7.10. The highest BCUT2D eigenvalue weighted by atomic mass is 32.1. The minimum atomic E-state index is 0.291. The maximum Gasteiger partial charge on any atom is 0.223 e. The molecule has 2 aliphatic rings. The number of ether oxygens (including phenoxy) is 1. The van der Waals surface area contributed by atoms with E-state index in [4.69, 9.17) is 4.74 Å². The molecule has 0 N–H and O–H groups in total. The molecule has 0 radical (unpaired) electrons. The summed E-state index contributed by atoms with van der Waals surface area (Å²) in [6, 6.07) is 4.47. The fourth-order valence-electron chi connectivity index (χ4n) is 3.21. The molecule has 3 rings (SSSR count). The first-order valence-corrected chi connectivity index (χ1v) is 8.80. The minimum absolute atomic E-state index is 0.291. The molecule has 0 bridgehead atoms. The Morgan fingerprint density at radius 3 is 3.00 bits per heavy atom. The predicted octanol–water partition coefficient (Wildman–Crippen LogP) is 3.57. The van der Waals surface area contributed by atoms with Crippen LogP contribution in [0.3, 0.4) is 0 Å². The van der Waals surface area contributed by atoms with E-state index in [0.29, 0.717) is 24.3 Å². The van der Waals surface area contributed by atoms with Crippen LogP contribution in [0.5, 0.6) is 0 Å². The smallest absolute Gasteiger partial charge is 0.223 e. The predicted molar refractivity (Wildman–Crippen MR) is 86.2 cm³/mol. The molecule has 3 heterocycles. The number of hydrogen-bond donors (Lipinski definition) is 0. The fraction of sp³-hybridized carbons (Fsp3) is 0.588. The van der Waals surface area contributed by atoms with Crippen LogP contribution in [0.1, 0.15) is 37.0 Å². The summed E-state index contributed by atoms with van der Waals surface area (Å²) in [6.45, 7) is 2.56. The highest BCUT2D eigenvalue weighted by Gasteiger charge is 2.28. The third kappa shape index (κ3) is 3.95. The van der Waals surface area contributed by atoms with Gasteiger partial charge < -0.3 is 9.64 Å². The Morgan fingerprint density at radius 1 is 1.38 bits per heavy atom. The molecule has 0 saturated carbocycles. The van der Waals surface area contributed by atoms with Crippen LogP contribution in [0.4, 0.5) is 0 Å². The van der Waals surface area contributed by atoms with E-state index >= 15 is 0 Å². The molecule has 4 heteroatoms. The lowest BCUT2D eigenvalue weighted by Crippen LogP contribution is -2.36. The quantitative estimate of drug-likeness (QED) is 0.851. The van der Waals surface area contributed by atoms with Gasteiger partial charge in [0.15, 0.2) is 0 Å². The van der Waals surface area contributed by atoms with Crippen molar-refractivity contribution in [1.82, 2.24) is 4.90 Å². The zero-order valence-electron chi connectivity index (χ0n) is 12.4. The molecular formula is C17H23NO2S. The van der Waals surface area contributed by atoms with Crippen molar-refractivity contribution >= 4 is 23.3 Å². The van der Waals surface area contributed by atoms with Crippen molar-refractivity contribution in [2.75, 3.05) is 19.8 Å². The average Bonchev–Trinajstić information content (AvgIpc) is 3.17. The molecule has 0 spiro atoms. The minimum Gasteiger partial charge on any atom is -0.381 e. The van der Waals surface area contributed by atoms with Gasteiger partial charge in [-0.2, -0.15) is 0 Å². The standard InChI is InChI=1S/C17H23NO2S/c19-17(13-14-7-10-20-11-8-14)18-9-1-3-15(18)5-6-16-4-2-12-21-16/h2,4-6,12,14-15H,1,3,7-11,13H2/b6-5+/t15-/m0/s1. The molecule has 114 valence electrons. The lowest BCUT2D eigenvalue weighted by atomic mass is 9.96. The molecule has 3 nitrogen and oxygen atoms in total. The van der Waals surface area contributed by atoms with E-state index in [1.165, 1.54) is 4.88 Å². The average molecular weight is 305 g/mol. The van der Waals surface area contributed by atoms with Crippen molar-refractivity contribution in [1.29, 1.82) is 0 Å². The van der Waals surface area contributed by atoms with E-state index in [1.54, 1.807) is 11.3 Å². The summed E-state index contributed by atoms with van der Waals surface area (Å²) in [6.07, 6.45) is 9.37. The monoisotopic (exact) mass is 305 g/mol.